The Bertz CT molecular complexity index is 1560. The molecule has 37 heavy (non-hydrogen) atoms. The van der Waals surface area contributed by atoms with Crippen LogP contribution in [0.4, 0.5) is 0 Å². The Balaban J connectivity index is 1.37. The Kier molecular flexibility index (Phi) is 7.55. The molecule has 0 N–H and O–H groups in total. The lowest BCUT2D eigenvalue weighted by Crippen LogP contribution is -2.08. The van der Waals surface area contributed by atoms with Gasteiger partial charge in [0.15, 0.2) is 36.8 Å². The number of hydrogen-bond acceptors (Lipinski definition) is 7. The summed E-state index contributed by atoms with van der Waals surface area (Å²) in [5.74, 6) is 0.585. The summed E-state index contributed by atoms with van der Waals surface area (Å²) >= 11 is 0. The van der Waals surface area contributed by atoms with Crippen molar-refractivity contribution in [3.8, 4) is 11.5 Å². The van der Waals surface area contributed by atoms with Crippen molar-refractivity contribution in [3.05, 3.63) is 118 Å². The van der Waals surface area contributed by atoms with Crippen molar-refractivity contribution in [1.82, 2.24) is 0 Å². The number of para-hydroxylation sites is 1. The number of hydrogen-bond donors (Lipinski definition) is 0. The molecule has 7 nitrogen and oxygen atoms in total. The van der Waals surface area contributed by atoms with Crippen LogP contribution in [-0.2, 0) is 22.7 Å². The molecule has 0 fully saturated rings. The zero-order valence-electron chi connectivity index (χ0n) is 19.9. The van der Waals surface area contributed by atoms with Crippen LogP contribution in [0.5, 0.6) is 11.5 Å². The summed E-state index contributed by atoms with van der Waals surface area (Å²) in [7, 11) is 0. The van der Waals surface area contributed by atoms with Crippen molar-refractivity contribution in [2.24, 2.45) is 0 Å². The van der Waals surface area contributed by atoms with E-state index in [2.05, 4.69) is 0 Å². The molecular weight excluding hydrogens is 472 g/mol. The fourth-order valence-electron chi connectivity index (χ4n) is 3.95. The van der Waals surface area contributed by atoms with E-state index in [1.807, 2.05) is 60.7 Å². The Hall–Kier alpha value is -4.46. The summed E-state index contributed by atoms with van der Waals surface area (Å²) in [6, 6.07) is 27.6. The Morgan fingerprint density at radius 3 is 1.84 bits per heavy atom. The largest absolute Gasteiger partial charge is 0.467 e. The second-order valence-electron chi connectivity index (χ2n) is 8.23. The van der Waals surface area contributed by atoms with Gasteiger partial charge in [0.05, 0.1) is 29.5 Å². The third-order valence-electron chi connectivity index (χ3n) is 5.76. The van der Waals surface area contributed by atoms with E-state index in [1.54, 1.807) is 30.3 Å². The van der Waals surface area contributed by atoms with Crippen molar-refractivity contribution in [2.75, 3.05) is 13.6 Å². The van der Waals surface area contributed by atoms with Gasteiger partial charge in [-0.05, 0) is 35.4 Å². The molecule has 0 bridgehead atoms. The molecule has 0 aliphatic carbocycles. The minimum absolute atomic E-state index is 0.0435. The molecule has 5 aromatic rings. The molecule has 186 valence electrons. The third kappa shape index (κ3) is 5.53. The van der Waals surface area contributed by atoms with Crippen LogP contribution in [0.3, 0.4) is 0 Å². The molecule has 0 aliphatic heterocycles. The second-order valence-corrected chi connectivity index (χ2v) is 8.23. The van der Waals surface area contributed by atoms with Gasteiger partial charge in [0.25, 0.3) is 0 Å². The normalized spacial score (nSPS) is 11.0. The molecule has 0 saturated heterocycles. The molecular formula is C30H24O7. The van der Waals surface area contributed by atoms with Gasteiger partial charge in [-0.25, -0.2) is 0 Å². The molecule has 0 atom stereocenters. The first-order valence-electron chi connectivity index (χ1n) is 11.7. The molecule has 0 radical (unpaired) electrons. The van der Waals surface area contributed by atoms with Crippen LogP contribution < -0.4 is 14.9 Å². The summed E-state index contributed by atoms with van der Waals surface area (Å²) in [6.45, 7) is 0.614. The van der Waals surface area contributed by atoms with Crippen molar-refractivity contribution in [1.29, 1.82) is 0 Å². The third-order valence-corrected chi connectivity index (χ3v) is 5.76. The molecule has 0 amide bonds. The van der Waals surface area contributed by atoms with E-state index in [1.165, 1.54) is 0 Å². The summed E-state index contributed by atoms with van der Waals surface area (Å²) < 4.78 is 28.7. The van der Waals surface area contributed by atoms with Gasteiger partial charge in [0.1, 0.15) is 5.75 Å². The minimum atomic E-state index is -0.276. The summed E-state index contributed by atoms with van der Waals surface area (Å²) in [4.78, 5) is 25.3. The van der Waals surface area contributed by atoms with Crippen LogP contribution in [-0.4, -0.2) is 19.9 Å². The van der Waals surface area contributed by atoms with Crippen molar-refractivity contribution >= 4 is 28.2 Å². The van der Waals surface area contributed by atoms with E-state index < -0.39 is 0 Å². The Morgan fingerprint density at radius 1 is 0.622 bits per heavy atom. The number of ether oxygens (including phenoxy) is 4. The summed E-state index contributed by atoms with van der Waals surface area (Å²) in [5.41, 5.74) is 2.20. The molecule has 1 aromatic heterocycles. The van der Waals surface area contributed by atoms with Crippen LogP contribution >= 0.6 is 0 Å². The summed E-state index contributed by atoms with van der Waals surface area (Å²) in [6.07, 6.45) is 0.607. The first-order chi connectivity index (χ1) is 18.2. The number of aldehydes is 1. The van der Waals surface area contributed by atoms with E-state index in [4.69, 9.17) is 23.4 Å². The molecule has 0 unspecified atom stereocenters. The maximum absolute atomic E-state index is 13.2. The predicted octanol–water partition coefficient (Wildman–Crippen LogP) is 5.86. The number of rotatable bonds is 11. The lowest BCUT2D eigenvalue weighted by molar-refractivity contribution is 0.00465. The lowest BCUT2D eigenvalue weighted by Gasteiger charge is -2.12. The molecule has 1 heterocycles. The van der Waals surface area contributed by atoms with Crippen molar-refractivity contribution in [2.45, 2.75) is 13.2 Å². The van der Waals surface area contributed by atoms with Gasteiger partial charge in [-0.15, -0.1) is 0 Å². The van der Waals surface area contributed by atoms with E-state index in [9.17, 15) is 9.59 Å². The predicted molar refractivity (Wildman–Crippen MR) is 139 cm³/mol. The second kappa shape index (κ2) is 11.5. The maximum atomic E-state index is 13.2. The highest BCUT2D eigenvalue weighted by molar-refractivity contribution is 6.01. The molecule has 5 rings (SSSR count). The van der Waals surface area contributed by atoms with Crippen molar-refractivity contribution < 1.29 is 28.2 Å². The standard InChI is InChI=1S/C30H24O7/c31-16-25-26(35-19-33-17-21-8-3-1-4-9-21)15-14-24-28(32)23-12-7-13-27(30(23)37-29(24)25)36-20-34-18-22-10-5-2-6-11-22/h1-16H,17-20H2. The molecule has 0 aliphatic rings. The quantitative estimate of drug-likeness (QED) is 0.0979. The van der Waals surface area contributed by atoms with Gasteiger partial charge in [-0.3, -0.25) is 9.59 Å². The van der Waals surface area contributed by atoms with Gasteiger partial charge in [-0.2, -0.15) is 0 Å². The van der Waals surface area contributed by atoms with Crippen LogP contribution in [0.15, 0.2) is 100 Å². The van der Waals surface area contributed by atoms with Crippen LogP contribution in [0.2, 0.25) is 0 Å². The smallest absolute Gasteiger partial charge is 0.200 e. The highest BCUT2D eigenvalue weighted by Crippen LogP contribution is 2.31. The molecule has 4 aromatic carbocycles. The number of fused-ring (bicyclic) bond motifs is 2. The van der Waals surface area contributed by atoms with Crippen LogP contribution in [0.25, 0.3) is 21.9 Å². The number of carbonyl (C=O) groups excluding carboxylic acids is 1. The van der Waals surface area contributed by atoms with E-state index in [0.29, 0.717) is 30.6 Å². The zero-order chi connectivity index (χ0) is 25.5. The van der Waals surface area contributed by atoms with Crippen LogP contribution in [0.1, 0.15) is 21.5 Å². The average molecular weight is 497 g/mol. The maximum Gasteiger partial charge on any atom is 0.200 e. The topological polar surface area (TPSA) is 84.2 Å². The highest BCUT2D eigenvalue weighted by atomic mass is 16.7. The van der Waals surface area contributed by atoms with Crippen LogP contribution in [0, 0.1) is 0 Å². The molecule has 0 saturated carbocycles. The molecule has 0 spiro atoms. The fourth-order valence-corrected chi connectivity index (χ4v) is 3.95. The first kappa shape index (κ1) is 24.2. The monoisotopic (exact) mass is 496 g/mol. The van der Waals surface area contributed by atoms with E-state index >= 15 is 0 Å². The average Bonchev–Trinajstić information content (AvgIpc) is 2.94. The Morgan fingerprint density at radius 2 is 1.22 bits per heavy atom. The van der Waals surface area contributed by atoms with E-state index in [-0.39, 0.29) is 46.9 Å². The van der Waals surface area contributed by atoms with E-state index in [0.717, 1.165) is 11.1 Å². The Labute approximate surface area is 212 Å². The van der Waals surface area contributed by atoms with Gasteiger partial charge in [0, 0.05) is 0 Å². The zero-order valence-corrected chi connectivity index (χ0v) is 19.9. The number of carbonyl (C=O) groups is 1. The lowest BCUT2D eigenvalue weighted by atomic mass is 10.1. The summed E-state index contributed by atoms with van der Waals surface area (Å²) in [5, 5.41) is 0.606. The van der Waals surface area contributed by atoms with Gasteiger partial charge < -0.3 is 23.4 Å². The van der Waals surface area contributed by atoms with Gasteiger partial charge >= 0.3 is 0 Å². The highest BCUT2D eigenvalue weighted by Gasteiger charge is 2.17. The first-order valence-corrected chi connectivity index (χ1v) is 11.7. The fraction of sp³-hybridized carbons (Fsp3) is 0.133. The SMILES string of the molecule is O=Cc1c(OCOCc2ccccc2)ccc2c(=O)c3cccc(OCOCc4ccccc4)c3oc12. The minimum Gasteiger partial charge on any atom is -0.467 e. The van der Waals surface area contributed by atoms with Crippen molar-refractivity contribution in [3.63, 3.8) is 0 Å². The molecule has 7 heteroatoms. The van der Waals surface area contributed by atoms with Gasteiger partial charge in [0.2, 0.25) is 5.43 Å². The number of benzene rings is 4. The van der Waals surface area contributed by atoms with Gasteiger partial charge in [-0.1, -0.05) is 66.7 Å².